The molecule has 0 aliphatic heterocycles. The smallest absolute Gasteiger partial charge is 0.143 e. The van der Waals surface area contributed by atoms with Gasteiger partial charge in [0.15, 0.2) is 0 Å². The Balaban J connectivity index is 2.77. The molecule has 80 valence electrons. The molecule has 0 radical (unpaired) electrons. The van der Waals surface area contributed by atoms with E-state index in [9.17, 15) is 4.39 Å². The van der Waals surface area contributed by atoms with Gasteiger partial charge in [0, 0.05) is 12.6 Å². The number of nitrogens with two attached hydrogens (primary N) is 1. The standard InChI is InChI=1S/C11H14FN3/c1-2-8(14)7-15-11-5-3-4-10(12)9(11)6-13/h3-5,8,15H,2,7,14H2,1H3. The molecule has 1 aromatic rings. The molecule has 0 saturated heterocycles. The Morgan fingerprint density at radius 1 is 1.60 bits per heavy atom. The minimum atomic E-state index is -0.507. The zero-order valence-corrected chi connectivity index (χ0v) is 8.63. The van der Waals surface area contributed by atoms with Crippen molar-refractivity contribution in [2.45, 2.75) is 19.4 Å². The van der Waals surface area contributed by atoms with E-state index in [0.717, 1.165) is 6.42 Å². The first-order valence-electron chi connectivity index (χ1n) is 4.87. The lowest BCUT2D eigenvalue weighted by molar-refractivity contribution is 0.623. The second-order valence-electron chi connectivity index (χ2n) is 3.32. The quantitative estimate of drug-likeness (QED) is 0.792. The molecule has 0 saturated carbocycles. The Morgan fingerprint density at radius 2 is 2.33 bits per heavy atom. The van der Waals surface area contributed by atoms with E-state index >= 15 is 0 Å². The number of nitriles is 1. The predicted molar refractivity (Wildman–Crippen MR) is 57.9 cm³/mol. The zero-order chi connectivity index (χ0) is 11.3. The van der Waals surface area contributed by atoms with Gasteiger partial charge < -0.3 is 11.1 Å². The number of anilines is 1. The van der Waals surface area contributed by atoms with Gasteiger partial charge in [-0.2, -0.15) is 5.26 Å². The number of benzene rings is 1. The van der Waals surface area contributed by atoms with E-state index in [1.807, 2.05) is 13.0 Å². The fourth-order valence-electron chi connectivity index (χ4n) is 1.17. The van der Waals surface area contributed by atoms with Crippen LogP contribution in [0.1, 0.15) is 18.9 Å². The van der Waals surface area contributed by atoms with Crippen LogP contribution >= 0.6 is 0 Å². The first-order valence-corrected chi connectivity index (χ1v) is 4.87. The molecule has 0 aromatic heterocycles. The second-order valence-corrected chi connectivity index (χ2v) is 3.32. The van der Waals surface area contributed by atoms with Crippen molar-refractivity contribution < 1.29 is 4.39 Å². The van der Waals surface area contributed by atoms with Crippen LogP contribution in [0.15, 0.2) is 18.2 Å². The number of nitrogens with zero attached hydrogens (tertiary/aromatic N) is 1. The van der Waals surface area contributed by atoms with Crippen molar-refractivity contribution in [3.8, 4) is 6.07 Å². The first kappa shape index (κ1) is 11.5. The lowest BCUT2D eigenvalue weighted by atomic mass is 10.1. The summed E-state index contributed by atoms with van der Waals surface area (Å²) in [6.45, 7) is 2.51. The summed E-state index contributed by atoms with van der Waals surface area (Å²) >= 11 is 0. The van der Waals surface area contributed by atoms with Crippen LogP contribution < -0.4 is 11.1 Å². The molecular formula is C11H14FN3. The molecule has 3 N–H and O–H groups in total. The van der Waals surface area contributed by atoms with Crippen molar-refractivity contribution in [2.24, 2.45) is 5.73 Å². The summed E-state index contributed by atoms with van der Waals surface area (Å²) in [5, 5.41) is 11.7. The third-order valence-corrected chi connectivity index (χ3v) is 2.20. The summed E-state index contributed by atoms with van der Waals surface area (Å²) in [6, 6.07) is 6.34. The Labute approximate surface area is 88.7 Å². The zero-order valence-electron chi connectivity index (χ0n) is 8.63. The topological polar surface area (TPSA) is 61.8 Å². The van der Waals surface area contributed by atoms with Crippen molar-refractivity contribution in [1.29, 1.82) is 5.26 Å². The normalized spacial score (nSPS) is 11.9. The van der Waals surface area contributed by atoms with Crippen LogP contribution in [0.4, 0.5) is 10.1 Å². The van der Waals surface area contributed by atoms with Gasteiger partial charge in [0.05, 0.1) is 5.69 Å². The number of nitrogens with one attached hydrogen (secondary N) is 1. The van der Waals surface area contributed by atoms with Crippen LogP contribution in [0, 0.1) is 17.1 Å². The van der Waals surface area contributed by atoms with Gasteiger partial charge in [-0.15, -0.1) is 0 Å². The first-order chi connectivity index (χ1) is 7.19. The van der Waals surface area contributed by atoms with Crippen molar-refractivity contribution in [3.05, 3.63) is 29.6 Å². The fraction of sp³-hybridized carbons (Fsp3) is 0.364. The minimum Gasteiger partial charge on any atom is -0.382 e. The van der Waals surface area contributed by atoms with Crippen LogP contribution in [0.3, 0.4) is 0 Å². The number of hydrogen-bond donors (Lipinski definition) is 2. The summed E-state index contributed by atoms with van der Waals surface area (Å²) in [6.07, 6.45) is 0.838. The Bertz CT molecular complexity index is 371. The second kappa shape index (κ2) is 5.32. The summed E-state index contributed by atoms with van der Waals surface area (Å²) < 4.78 is 13.2. The van der Waals surface area contributed by atoms with Crippen LogP contribution in [0.2, 0.25) is 0 Å². The van der Waals surface area contributed by atoms with Crippen LogP contribution in [-0.2, 0) is 0 Å². The van der Waals surface area contributed by atoms with E-state index in [1.165, 1.54) is 6.07 Å². The van der Waals surface area contributed by atoms with Crippen LogP contribution in [-0.4, -0.2) is 12.6 Å². The number of halogens is 1. The molecule has 0 amide bonds. The highest BCUT2D eigenvalue weighted by Crippen LogP contribution is 2.17. The fourth-order valence-corrected chi connectivity index (χ4v) is 1.17. The van der Waals surface area contributed by atoms with Gasteiger partial charge in [-0.05, 0) is 18.6 Å². The lowest BCUT2D eigenvalue weighted by Gasteiger charge is -2.12. The van der Waals surface area contributed by atoms with E-state index < -0.39 is 5.82 Å². The van der Waals surface area contributed by atoms with Crippen molar-refractivity contribution >= 4 is 5.69 Å². The summed E-state index contributed by atoms with van der Waals surface area (Å²) in [5.74, 6) is -0.507. The molecule has 1 atom stereocenters. The van der Waals surface area contributed by atoms with Crippen molar-refractivity contribution in [2.75, 3.05) is 11.9 Å². The van der Waals surface area contributed by atoms with Gasteiger partial charge in [0.25, 0.3) is 0 Å². The maximum absolute atomic E-state index is 13.2. The average Bonchev–Trinajstić information content (AvgIpc) is 2.25. The van der Waals surface area contributed by atoms with Crippen LogP contribution in [0.25, 0.3) is 0 Å². The highest BCUT2D eigenvalue weighted by atomic mass is 19.1. The Hall–Kier alpha value is -1.60. The molecule has 1 aromatic carbocycles. The Kier molecular flexibility index (Phi) is 4.07. The van der Waals surface area contributed by atoms with Gasteiger partial charge in [-0.3, -0.25) is 0 Å². The van der Waals surface area contributed by atoms with E-state index in [2.05, 4.69) is 5.32 Å². The predicted octanol–water partition coefficient (Wildman–Crippen LogP) is 1.85. The van der Waals surface area contributed by atoms with Gasteiger partial charge in [-0.25, -0.2) is 4.39 Å². The van der Waals surface area contributed by atoms with Crippen molar-refractivity contribution in [3.63, 3.8) is 0 Å². The average molecular weight is 207 g/mol. The summed E-state index contributed by atoms with van der Waals surface area (Å²) in [4.78, 5) is 0. The van der Waals surface area contributed by atoms with E-state index in [1.54, 1.807) is 12.1 Å². The molecule has 1 rings (SSSR count). The maximum atomic E-state index is 13.2. The number of rotatable bonds is 4. The van der Waals surface area contributed by atoms with Gasteiger partial charge in [0.1, 0.15) is 17.4 Å². The minimum absolute atomic E-state index is 0.0137. The van der Waals surface area contributed by atoms with Crippen molar-refractivity contribution in [1.82, 2.24) is 0 Å². The highest BCUT2D eigenvalue weighted by molar-refractivity contribution is 5.57. The van der Waals surface area contributed by atoms with E-state index in [4.69, 9.17) is 11.0 Å². The molecule has 0 fully saturated rings. The molecule has 0 heterocycles. The molecule has 0 bridgehead atoms. The molecule has 0 aliphatic carbocycles. The lowest BCUT2D eigenvalue weighted by Crippen LogP contribution is -2.28. The molecular weight excluding hydrogens is 193 g/mol. The maximum Gasteiger partial charge on any atom is 0.143 e. The number of hydrogen-bond acceptors (Lipinski definition) is 3. The molecule has 1 unspecified atom stereocenters. The van der Waals surface area contributed by atoms with Crippen LogP contribution in [0.5, 0.6) is 0 Å². The molecule has 0 spiro atoms. The highest BCUT2D eigenvalue weighted by Gasteiger charge is 2.07. The van der Waals surface area contributed by atoms with E-state index in [-0.39, 0.29) is 11.6 Å². The van der Waals surface area contributed by atoms with Gasteiger partial charge in [-0.1, -0.05) is 13.0 Å². The van der Waals surface area contributed by atoms with Gasteiger partial charge >= 0.3 is 0 Å². The molecule has 0 aliphatic rings. The Morgan fingerprint density at radius 3 is 2.93 bits per heavy atom. The monoisotopic (exact) mass is 207 g/mol. The largest absolute Gasteiger partial charge is 0.382 e. The van der Waals surface area contributed by atoms with Gasteiger partial charge in [0.2, 0.25) is 0 Å². The summed E-state index contributed by atoms with van der Waals surface area (Å²) in [7, 11) is 0. The third-order valence-electron chi connectivity index (χ3n) is 2.20. The SMILES string of the molecule is CCC(N)CNc1cccc(F)c1C#N. The third kappa shape index (κ3) is 2.93. The molecule has 3 nitrogen and oxygen atoms in total. The molecule has 4 heteroatoms. The van der Waals surface area contributed by atoms with E-state index in [0.29, 0.717) is 12.2 Å². The molecule has 15 heavy (non-hydrogen) atoms. The summed E-state index contributed by atoms with van der Waals surface area (Å²) in [5.41, 5.74) is 6.25.